The third kappa shape index (κ3) is 3.32. The molecule has 4 rings (SSSR count). The highest BCUT2D eigenvalue weighted by molar-refractivity contribution is 5.92. The Kier molecular flexibility index (Phi) is 4.76. The van der Waals surface area contributed by atoms with Crippen LogP contribution in [-0.4, -0.2) is 25.4 Å². The van der Waals surface area contributed by atoms with Gasteiger partial charge in [-0.05, 0) is 17.7 Å². The van der Waals surface area contributed by atoms with Gasteiger partial charge in [-0.15, -0.1) is 0 Å². The van der Waals surface area contributed by atoms with E-state index >= 15 is 0 Å². The molecule has 0 aromatic heterocycles. The van der Waals surface area contributed by atoms with E-state index in [9.17, 15) is 9.90 Å². The highest BCUT2D eigenvalue weighted by Gasteiger charge is 2.22. The smallest absolute Gasteiger partial charge is 0.231 e. The summed E-state index contributed by atoms with van der Waals surface area (Å²) in [5.41, 5.74) is 2.75. The molecule has 6 nitrogen and oxygen atoms in total. The third-order valence-corrected chi connectivity index (χ3v) is 4.53. The van der Waals surface area contributed by atoms with Crippen molar-refractivity contribution in [3.8, 4) is 34.1 Å². The summed E-state index contributed by atoms with van der Waals surface area (Å²) in [4.78, 5) is 13.0. The number of aromatic hydroxyl groups is 1. The van der Waals surface area contributed by atoms with Crippen LogP contribution in [0.2, 0.25) is 0 Å². The molecule has 1 aliphatic heterocycles. The number of nitrogens with zero attached hydrogens (tertiary/aromatic N) is 1. The van der Waals surface area contributed by atoms with Crippen molar-refractivity contribution in [2.24, 2.45) is 0 Å². The third-order valence-electron chi connectivity index (χ3n) is 4.53. The summed E-state index contributed by atoms with van der Waals surface area (Å²) in [6.45, 7) is 0.469. The van der Waals surface area contributed by atoms with E-state index in [1.807, 2.05) is 42.5 Å². The first-order chi connectivity index (χ1) is 13.7. The maximum atomic E-state index is 11.6. The molecule has 0 fully saturated rings. The lowest BCUT2D eigenvalue weighted by atomic mass is 10.0. The lowest BCUT2D eigenvalue weighted by Gasteiger charge is -2.21. The fourth-order valence-electron chi connectivity index (χ4n) is 3.15. The van der Waals surface area contributed by atoms with Crippen LogP contribution in [0.25, 0.3) is 11.1 Å². The predicted octanol–water partition coefficient (Wildman–Crippen LogP) is 3.96. The Hall–Kier alpha value is -3.67. The minimum absolute atomic E-state index is 0.0324. The van der Waals surface area contributed by atoms with Gasteiger partial charge in [-0.1, -0.05) is 42.5 Å². The number of ether oxygens (including phenoxy) is 3. The SMILES string of the molecule is CN(C=O)c1c(OCc2ccccc2)cccc1-c1cc2c(cc1O)OCO2. The van der Waals surface area contributed by atoms with Crippen molar-refractivity contribution < 1.29 is 24.1 Å². The van der Waals surface area contributed by atoms with Crippen molar-refractivity contribution in [1.82, 2.24) is 0 Å². The maximum Gasteiger partial charge on any atom is 0.231 e. The minimum Gasteiger partial charge on any atom is -0.507 e. The van der Waals surface area contributed by atoms with Gasteiger partial charge in [0.1, 0.15) is 18.1 Å². The summed E-state index contributed by atoms with van der Waals surface area (Å²) >= 11 is 0. The van der Waals surface area contributed by atoms with Gasteiger partial charge in [-0.25, -0.2) is 0 Å². The molecule has 0 spiro atoms. The quantitative estimate of drug-likeness (QED) is 0.659. The Labute approximate surface area is 162 Å². The molecule has 1 N–H and O–H groups in total. The van der Waals surface area contributed by atoms with Gasteiger partial charge in [0.15, 0.2) is 11.5 Å². The second-order valence-corrected chi connectivity index (χ2v) is 6.37. The number of phenolic OH excluding ortho intramolecular Hbond substituents is 1. The van der Waals surface area contributed by atoms with Crippen molar-refractivity contribution >= 4 is 12.1 Å². The molecule has 3 aromatic rings. The van der Waals surface area contributed by atoms with Crippen LogP contribution in [-0.2, 0) is 11.4 Å². The van der Waals surface area contributed by atoms with Crippen molar-refractivity contribution in [3.05, 3.63) is 66.2 Å². The second-order valence-electron chi connectivity index (χ2n) is 6.37. The number of benzene rings is 3. The summed E-state index contributed by atoms with van der Waals surface area (Å²) in [5.74, 6) is 1.60. The first-order valence-corrected chi connectivity index (χ1v) is 8.78. The average Bonchev–Trinajstić information content (AvgIpc) is 3.18. The molecule has 0 saturated heterocycles. The van der Waals surface area contributed by atoms with E-state index in [0.29, 0.717) is 47.1 Å². The molecular formula is C22H19NO5. The molecular weight excluding hydrogens is 358 g/mol. The molecule has 0 aliphatic carbocycles. The van der Waals surface area contributed by atoms with Crippen LogP contribution in [0.1, 0.15) is 5.56 Å². The predicted molar refractivity (Wildman–Crippen MR) is 105 cm³/mol. The van der Waals surface area contributed by atoms with Gasteiger partial charge in [-0.3, -0.25) is 4.79 Å². The van der Waals surface area contributed by atoms with Crippen LogP contribution < -0.4 is 19.1 Å². The number of hydrogen-bond donors (Lipinski definition) is 1. The Balaban J connectivity index is 1.76. The van der Waals surface area contributed by atoms with Gasteiger partial charge >= 0.3 is 0 Å². The molecule has 142 valence electrons. The lowest BCUT2D eigenvalue weighted by molar-refractivity contribution is -0.107. The summed E-state index contributed by atoms with van der Waals surface area (Å²) in [6.07, 6.45) is 0.707. The number of para-hydroxylation sites is 1. The van der Waals surface area contributed by atoms with Crippen LogP contribution in [0.4, 0.5) is 5.69 Å². The van der Waals surface area contributed by atoms with Gasteiger partial charge in [0.05, 0.1) is 5.69 Å². The van der Waals surface area contributed by atoms with Crippen LogP contribution in [0.3, 0.4) is 0 Å². The molecule has 0 bridgehead atoms. The number of carbonyl (C=O) groups is 1. The summed E-state index contributed by atoms with van der Waals surface area (Å²) in [7, 11) is 1.64. The number of rotatable bonds is 6. The zero-order valence-electron chi connectivity index (χ0n) is 15.3. The van der Waals surface area contributed by atoms with Crippen LogP contribution in [0, 0.1) is 0 Å². The summed E-state index contributed by atoms with van der Waals surface area (Å²) in [5, 5.41) is 10.5. The average molecular weight is 377 g/mol. The van der Waals surface area contributed by atoms with Gasteiger partial charge in [0.2, 0.25) is 13.2 Å². The van der Waals surface area contributed by atoms with E-state index < -0.39 is 0 Å². The van der Waals surface area contributed by atoms with Crippen molar-refractivity contribution in [2.75, 3.05) is 18.7 Å². The highest BCUT2D eigenvalue weighted by Crippen LogP contribution is 2.46. The summed E-state index contributed by atoms with van der Waals surface area (Å²) in [6, 6.07) is 18.4. The number of fused-ring (bicyclic) bond motifs is 1. The Morgan fingerprint density at radius 3 is 2.54 bits per heavy atom. The molecule has 1 heterocycles. The molecule has 1 amide bonds. The monoisotopic (exact) mass is 377 g/mol. The molecule has 0 saturated carbocycles. The molecule has 0 radical (unpaired) electrons. The maximum absolute atomic E-state index is 11.6. The molecule has 28 heavy (non-hydrogen) atoms. The van der Waals surface area contributed by atoms with Crippen molar-refractivity contribution in [2.45, 2.75) is 6.61 Å². The number of phenols is 1. The van der Waals surface area contributed by atoms with E-state index in [4.69, 9.17) is 14.2 Å². The van der Waals surface area contributed by atoms with Crippen molar-refractivity contribution in [1.29, 1.82) is 0 Å². The van der Waals surface area contributed by atoms with E-state index in [1.165, 1.54) is 11.0 Å². The van der Waals surface area contributed by atoms with Crippen LogP contribution in [0.15, 0.2) is 60.7 Å². The first kappa shape index (κ1) is 17.7. The minimum atomic E-state index is 0.0324. The van der Waals surface area contributed by atoms with Gasteiger partial charge in [-0.2, -0.15) is 0 Å². The standard InChI is InChI=1S/C22H19NO5/c1-23(13-24)22-16(17-10-20-21(11-18(17)25)28-14-27-20)8-5-9-19(22)26-12-15-6-3-2-4-7-15/h2-11,13,25H,12,14H2,1H3. The number of hydrogen-bond acceptors (Lipinski definition) is 5. The lowest BCUT2D eigenvalue weighted by Crippen LogP contribution is -2.16. The van der Waals surface area contributed by atoms with Gasteiger partial charge in [0, 0.05) is 24.2 Å². The van der Waals surface area contributed by atoms with E-state index in [2.05, 4.69) is 0 Å². The zero-order valence-corrected chi connectivity index (χ0v) is 15.3. The fourth-order valence-corrected chi connectivity index (χ4v) is 3.15. The van der Waals surface area contributed by atoms with E-state index in [0.717, 1.165) is 5.56 Å². The largest absolute Gasteiger partial charge is 0.507 e. The van der Waals surface area contributed by atoms with Gasteiger partial charge < -0.3 is 24.2 Å². The molecule has 3 aromatic carbocycles. The van der Waals surface area contributed by atoms with E-state index in [-0.39, 0.29) is 12.5 Å². The zero-order chi connectivity index (χ0) is 19.5. The van der Waals surface area contributed by atoms with Crippen molar-refractivity contribution in [3.63, 3.8) is 0 Å². The topological polar surface area (TPSA) is 68.2 Å². The second kappa shape index (κ2) is 7.52. The van der Waals surface area contributed by atoms with Crippen LogP contribution >= 0.6 is 0 Å². The fraction of sp³-hybridized carbons (Fsp3) is 0.136. The number of anilines is 1. The highest BCUT2D eigenvalue weighted by atomic mass is 16.7. The molecule has 1 aliphatic rings. The van der Waals surface area contributed by atoms with Crippen LogP contribution in [0.5, 0.6) is 23.0 Å². The Morgan fingerprint density at radius 2 is 1.79 bits per heavy atom. The normalized spacial score (nSPS) is 11.9. The first-order valence-electron chi connectivity index (χ1n) is 8.78. The summed E-state index contributed by atoms with van der Waals surface area (Å²) < 4.78 is 16.7. The Morgan fingerprint density at radius 1 is 1.04 bits per heavy atom. The van der Waals surface area contributed by atoms with Gasteiger partial charge in [0.25, 0.3) is 0 Å². The van der Waals surface area contributed by atoms with E-state index in [1.54, 1.807) is 19.2 Å². The number of amides is 1. The molecule has 0 atom stereocenters. The Bertz CT molecular complexity index is 1000. The number of carbonyl (C=O) groups excluding carboxylic acids is 1. The molecule has 0 unspecified atom stereocenters. The molecule has 6 heteroatoms.